The minimum absolute atomic E-state index is 0.0704. The predicted molar refractivity (Wildman–Crippen MR) is 83.9 cm³/mol. The quantitative estimate of drug-likeness (QED) is 0.868. The van der Waals surface area contributed by atoms with Crippen molar-refractivity contribution < 1.29 is 18.7 Å². The molecule has 1 N–H and O–H groups in total. The number of piperidine rings is 1. The Morgan fingerprint density at radius 2 is 2.13 bits per heavy atom. The molecule has 1 saturated heterocycles. The number of likely N-dealkylation sites (tertiary alicyclic amines) is 1. The summed E-state index contributed by atoms with van der Waals surface area (Å²) in [6, 6.07) is 3.41. The SMILES string of the molecule is COCC(=O)NC1(CC2CC2)CCN(C(=O)c2ccco2)CC1. The molecule has 1 aromatic rings. The molecule has 1 aliphatic heterocycles. The van der Waals surface area contributed by atoms with Gasteiger partial charge in [0.1, 0.15) is 6.61 Å². The Labute approximate surface area is 136 Å². The molecule has 2 aliphatic rings. The van der Waals surface area contributed by atoms with Crippen LogP contribution in [0.4, 0.5) is 0 Å². The molecule has 6 nitrogen and oxygen atoms in total. The molecule has 1 saturated carbocycles. The number of nitrogens with zero attached hydrogens (tertiary/aromatic N) is 1. The van der Waals surface area contributed by atoms with E-state index in [1.807, 2.05) is 4.90 Å². The summed E-state index contributed by atoms with van der Waals surface area (Å²) in [4.78, 5) is 26.2. The first-order valence-electron chi connectivity index (χ1n) is 8.25. The van der Waals surface area contributed by atoms with E-state index in [9.17, 15) is 9.59 Å². The summed E-state index contributed by atoms with van der Waals surface area (Å²) in [5, 5.41) is 3.17. The molecule has 3 rings (SSSR count). The van der Waals surface area contributed by atoms with Gasteiger partial charge in [0, 0.05) is 25.7 Å². The number of ether oxygens (including phenoxy) is 1. The van der Waals surface area contributed by atoms with E-state index in [4.69, 9.17) is 9.15 Å². The van der Waals surface area contributed by atoms with Gasteiger partial charge in [-0.3, -0.25) is 9.59 Å². The first kappa shape index (κ1) is 16.1. The van der Waals surface area contributed by atoms with Gasteiger partial charge in [0.05, 0.1) is 6.26 Å². The fourth-order valence-electron chi connectivity index (χ4n) is 3.41. The topological polar surface area (TPSA) is 71.8 Å². The van der Waals surface area contributed by atoms with Gasteiger partial charge in [-0.1, -0.05) is 12.8 Å². The van der Waals surface area contributed by atoms with Crippen molar-refractivity contribution in [3.63, 3.8) is 0 Å². The number of amides is 2. The third-order valence-electron chi connectivity index (χ3n) is 4.80. The maximum Gasteiger partial charge on any atom is 0.289 e. The molecular formula is C17H24N2O4. The first-order chi connectivity index (χ1) is 11.1. The van der Waals surface area contributed by atoms with Crippen LogP contribution in [0.1, 0.15) is 42.7 Å². The first-order valence-corrected chi connectivity index (χ1v) is 8.25. The van der Waals surface area contributed by atoms with Crippen LogP contribution in [0.3, 0.4) is 0 Å². The zero-order chi connectivity index (χ0) is 16.3. The lowest BCUT2D eigenvalue weighted by molar-refractivity contribution is -0.127. The number of methoxy groups -OCH3 is 1. The summed E-state index contributed by atoms with van der Waals surface area (Å²) in [5.74, 6) is 0.950. The van der Waals surface area contributed by atoms with Gasteiger partial charge in [0.15, 0.2) is 5.76 Å². The zero-order valence-corrected chi connectivity index (χ0v) is 13.5. The second-order valence-corrected chi connectivity index (χ2v) is 6.68. The molecule has 2 fully saturated rings. The highest BCUT2D eigenvalue weighted by atomic mass is 16.5. The molecule has 0 bridgehead atoms. The molecule has 0 atom stereocenters. The Balaban J connectivity index is 1.62. The minimum atomic E-state index is -0.198. The highest BCUT2D eigenvalue weighted by molar-refractivity contribution is 5.91. The van der Waals surface area contributed by atoms with Gasteiger partial charge in [-0.05, 0) is 37.3 Å². The molecule has 2 amide bonds. The predicted octanol–water partition coefficient (Wildman–Crippen LogP) is 1.82. The zero-order valence-electron chi connectivity index (χ0n) is 13.5. The summed E-state index contributed by atoms with van der Waals surface area (Å²) >= 11 is 0. The molecule has 0 unspecified atom stereocenters. The summed E-state index contributed by atoms with van der Waals surface area (Å²) in [6.07, 6.45) is 6.58. The maximum atomic E-state index is 12.4. The van der Waals surface area contributed by atoms with Gasteiger partial charge in [-0.2, -0.15) is 0 Å². The van der Waals surface area contributed by atoms with E-state index in [1.165, 1.54) is 26.2 Å². The number of hydrogen-bond donors (Lipinski definition) is 1. The van der Waals surface area contributed by atoms with E-state index < -0.39 is 0 Å². The molecule has 0 spiro atoms. The van der Waals surface area contributed by atoms with Crippen LogP contribution in [-0.2, 0) is 9.53 Å². The van der Waals surface area contributed by atoms with Crippen molar-refractivity contribution in [3.8, 4) is 0 Å². The van der Waals surface area contributed by atoms with Gasteiger partial charge in [0.25, 0.3) is 5.91 Å². The normalized spacial score (nSPS) is 20.3. The molecule has 1 aromatic heterocycles. The van der Waals surface area contributed by atoms with Crippen LogP contribution < -0.4 is 5.32 Å². The Kier molecular flexibility index (Phi) is 4.71. The van der Waals surface area contributed by atoms with Crippen LogP contribution in [-0.4, -0.2) is 49.1 Å². The van der Waals surface area contributed by atoms with Crippen molar-refractivity contribution in [2.24, 2.45) is 5.92 Å². The molecule has 2 heterocycles. The molecule has 0 radical (unpaired) electrons. The third kappa shape index (κ3) is 3.93. The van der Waals surface area contributed by atoms with Crippen LogP contribution >= 0.6 is 0 Å². The van der Waals surface area contributed by atoms with Crippen LogP contribution in [0.25, 0.3) is 0 Å². The third-order valence-corrected chi connectivity index (χ3v) is 4.80. The van der Waals surface area contributed by atoms with Gasteiger partial charge < -0.3 is 19.4 Å². The fourth-order valence-corrected chi connectivity index (χ4v) is 3.41. The van der Waals surface area contributed by atoms with Gasteiger partial charge in [-0.25, -0.2) is 0 Å². The molecule has 126 valence electrons. The van der Waals surface area contributed by atoms with E-state index >= 15 is 0 Å². The number of nitrogens with one attached hydrogen (secondary N) is 1. The Hall–Kier alpha value is -1.82. The Bertz CT molecular complexity index is 543. The summed E-state index contributed by atoms with van der Waals surface area (Å²) in [6.45, 7) is 1.36. The highest BCUT2D eigenvalue weighted by Crippen LogP contribution is 2.40. The van der Waals surface area contributed by atoms with Crippen LogP contribution in [0.15, 0.2) is 22.8 Å². The van der Waals surface area contributed by atoms with E-state index in [0.717, 1.165) is 19.3 Å². The standard InChI is InChI=1S/C17H24N2O4/c1-22-12-15(20)18-17(11-13-4-5-13)6-8-19(9-7-17)16(21)14-3-2-10-23-14/h2-3,10,13H,4-9,11-12H2,1H3,(H,18,20). The average Bonchev–Trinajstić information content (AvgIpc) is 3.16. The van der Waals surface area contributed by atoms with E-state index in [2.05, 4.69) is 5.32 Å². The smallest absolute Gasteiger partial charge is 0.289 e. The van der Waals surface area contributed by atoms with Crippen molar-refractivity contribution in [3.05, 3.63) is 24.2 Å². The summed E-state index contributed by atoms with van der Waals surface area (Å²) < 4.78 is 10.1. The second kappa shape index (κ2) is 6.74. The number of hydrogen-bond acceptors (Lipinski definition) is 4. The van der Waals surface area contributed by atoms with Crippen molar-refractivity contribution in [2.45, 2.75) is 37.6 Å². The van der Waals surface area contributed by atoms with Crippen LogP contribution in [0.5, 0.6) is 0 Å². The number of carbonyl (C=O) groups is 2. The van der Waals surface area contributed by atoms with Crippen LogP contribution in [0.2, 0.25) is 0 Å². The van der Waals surface area contributed by atoms with Gasteiger partial charge in [0.2, 0.25) is 5.91 Å². The van der Waals surface area contributed by atoms with Crippen molar-refractivity contribution in [1.29, 1.82) is 0 Å². The lowest BCUT2D eigenvalue weighted by Gasteiger charge is -2.42. The van der Waals surface area contributed by atoms with E-state index in [0.29, 0.717) is 24.8 Å². The highest BCUT2D eigenvalue weighted by Gasteiger charge is 2.41. The lowest BCUT2D eigenvalue weighted by atomic mass is 9.82. The number of rotatable bonds is 6. The largest absolute Gasteiger partial charge is 0.459 e. The average molecular weight is 320 g/mol. The van der Waals surface area contributed by atoms with E-state index in [1.54, 1.807) is 12.1 Å². The fraction of sp³-hybridized carbons (Fsp3) is 0.647. The summed E-state index contributed by atoms with van der Waals surface area (Å²) in [5.41, 5.74) is -0.198. The summed E-state index contributed by atoms with van der Waals surface area (Å²) in [7, 11) is 1.53. The monoisotopic (exact) mass is 320 g/mol. The Morgan fingerprint density at radius 1 is 1.39 bits per heavy atom. The number of carbonyl (C=O) groups excluding carboxylic acids is 2. The molecule has 1 aliphatic carbocycles. The molecule has 6 heteroatoms. The van der Waals surface area contributed by atoms with Gasteiger partial charge in [-0.15, -0.1) is 0 Å². The lowest BCUT2D eigenvalue weighted by Crippen LogP contribution is -2.57. The van der Waals surface area contributed by atoms with Crippen LogP contribution in [0, 0.1) is 5.92 Å². The second-order valence-electron chi connectivity index (χ2n) is 6.68. The van der Waals surface area contributed by atoms with Crippen molar-refractivity contribution >= 4 is 11.8 Å². The molecular weight excluding hydrogens is 296 g/mol. The minimum Gasteiger partial charge on any atom is -0.459 e. The Morgan fingerprint density at radius 3 is 2.70 bits per heavy atom. The molecule has 23 heavy (non-hydrogen) atoms. The van der Waals surface area contributed by atoms with Crippen molar-refractivity contribution in [2.75, 3.05) is 26.8 Å². The number of furan rings is 1. The molecule has 0 aromatic carbocycles. The van der Waals surface area contributed by atoms with Crippen molar-refractivity contribution in [1.82, 2.24) is 10.2 Å². The maximum absolute atomic E-state index is 12.4. The van der Waals surface area contributed by atoms with E-state index in [-0.39, 0.29) is 24.0 Å². The van der Waals surface area contributed by atoms with Gasteiger partial charge >= 0.3 is 0 Å².